The Hall–Kier alpha value is -3.19. The van der Waals surface area contributed by atoms with E-state index in [-0.39, 0.29) is 11.1 Å². The van der Waals surface area contributed by atoms with Gasteiger partial charge >= 0.3 is 5.97 Å². The fourth-order valence-electron chi connectivity index (χ4n) is 2.74. The molecule has 1 aromatic heterocycles. The monoisotopic (exact) mass is 424 g/mol. The van der Waals surface area contributed by atoms with Crippen molar-refractivity contribution in [3.8, 4) is 16.3 Å². The third-order valence-corrected chi connectivity index (χ3v) is 5.30. The Morgan fingerprint density at radius 3 is 2.50 bits per heavy atom. The highest BCUT2D eigenvalue weighted by Crippen LogP contribution is 2.31. The summed E-state index contributed by atoms with van der Waals surface area (Å²) >= 11 is 1.35. The van der Waals surface area contributed by atoms with E-state index in [1.54, 1.807) is 5.38 Å². The van der Waals surface area contributed by atoms with E-state index in [2.05, 4.69) is 31.1 Å². The molecule has 3 aromatic rings. The lowest BCUT2D eigenvalue weighted by atomic mass is 9.87. The van der Waals surface area contributed by atoms with Crippen LogP contribution in [0.2, 0.25) is 0 Å². The summed E-state index contributed by atoms with van der Waals surface area (Å²) < 4.78 is 10.5. The summed E-state index contributed by atoms with van der Waals surface area (Å²) in [5.74, 6) is -0.556. The molecule has 1 heterocycles. The van der Waals surface area contributed by atoms with Gasteiger partial charge in [0.25, 0.3) is 5.91 Å². The molecular weight excluding hydrogens is 400 g/mol. The summed E-state index contributed by atoms with van der Waals surface area (Å²) in [6.45, 7) is 5.83. The van der Waals surface area contributed by atoms with Crippen molar-refractivity contribution in [1.82, 2.24) is 4.98 Å². The van der Waals surface area contributed by atoms with E-state index in [9.17, 15) is 9.59 Å². The molecule has 0 bridgehead atoms. The molecule has 0 aliphatic heterocycles. The number of hydrogen-bond acceptors (Lipinski definition) is 6. The number of ether oxygens (including phenoxy) is 2. The highest BCUT2D eigenvalue weighted by atomic mass is 32.1. The van der Waals surface area contributed by atoms with Crippen molar-refractivity contribution in [3.05, 3.63) is 65.2 Å². The highest BCUT2D eigenvalue weighted by Gasteiger charge is 2.18. The van der Waals surface area contributed by atoms with E-state index >= 15 is 0 Å². The quantitative estimate of drug-likeness (QED) is 0.569. The van der Waals surface area contributed by atoms with Crippen molar-refractivity contribution in [2.45, 2.75) is 26.2 Å². The minimum Gasteiger partial charge on any atom is -0.495 e. The Morgan fingerprint density at radius 1 is 1.10 bits per heavy atom. The summed E-state index contributed by atoms with van der Waals surface area (Å²) in [7, 11) is 1.54. The third-order valence-electron chi connectivity index (χ3n) is 4.41. The molecule has 3 rings (SSSR count). The minimum atomic E-state index is -0.640. The number of hydrogen-bond donors (Lipinski definition) is 1. The van der Waals surface area contributed by atoms with E-state index in [0.29, 0.717) is 11.4 Å². The van der Waals surface area contributed by atoms with E-state index in [4.69, 9.17) is 9.47 Å². The number of esters is 1. The number of carbonyl (C=O) groups is 2. The molecule has 0 aliphatic carbocycles. The van der Waals surface area contributed by atoms with Gasteiger partial charge in [-0.25, -0.2) is 9.78 Å². The normalized spacial score (nSPS) is 11.1. The zero-order valence-corrected chi connectivity index (χ0v) is 18.2. The lowest BCUT2D eigenvalue weighted by Crippen LogP contribution is -2.22. The first-order chi connectivity index (χ1) is 14.3. The van der Waals surface area contributed by atoms with Crippen LogP contribution in [0.25, 0.3) is 10.6 Å². The molecule has 0 saturated carbocycles. The Kier molecular flexibility index (Phi) is 6.52. The van der Waals surface area contributed by atoms with E-state index in [0.717, 1.165) is 16.1 Å². The lowest BCUT2D eigenvalue weighted by Gasteiger charge is -2.21. The number of benzene rings is 2. The van der Waals surface area contributed by atoms with Crippen molar-refractivity contribution in [2.75, 3.05) is 19.0 Å². The molecule has 1 N–H and O–H groups in total. The van der Waals surface area contributed by atoms with Crippen molar-refractivity contribution in [1.29, 1.82) is 0 Å². The first kappa shape index (κ1) is 21.5. The van der Waals surface area contributed by atoms with Crippen LogP contribution >= 0.6 is 11.3 Å². The van der Waals surface area contributed by atoms with Gasteiger partial charge in [-0.15, -0.1) is 11.3 Å². The molecule has 0 atom stereocenters. The molecule has 6 nitrogen and oxygen atoms in total. The molecule has 0 spiro atoms. The summed E-state index contributed by atoms with van der Waals surface area (Å²) in [4.78, 5) is 28.9. The number of methoxy groups -OCH3 is 1. The third kappa shape index (κ3) is 5.24. The van der Waals surface area contributed by atoms with Gasteiger partial charge < -0.3 is 14.8 Å². The van der Waals surface area contributed by atoms with Crippen LogP contribution in [0.4, 0.5) is 5.69 Å². The predicted octanol–water partition coefficient (Wildman–Crippen LogP) is 4.91. The molecule has 30 heavy (non-hydrogen) atoms. The first-order valence-electron chi connectivity index (χ1n) is 9.44. The molecule has 0 saturated heterocycles. The smallest absolute Gasteiger partial charge is 0.358 e. The average molecular weight is 425 g/mol. The van der Waals surface area contributed by atoms with Gasteiger partial charge in [0, 0.05) is 10.9 Å². The predicted molar refractivity (Wildman–Crippen MR) is 118 cm³/mol. The van der Waals surface area contributed by atoms with Crippen LogP contribution in [0.15, 0.2) is 53.9 Å². The molecule has 0 aliphatic rings. The van der Waals surface area contributed by atoms with Crippen LogP contribution in [-0.2, 0) is 14.9 Å². The topological polar surface area (TPSA) is 77.5 Å². The van der Waals surface area contributed by atoms with Gasteiger partial charge in [-0.2, -0.15) is 0 Å². The van der Waals surface area contributed by atoms with Crippen LogP contribution in [0, 0.1) is 0 Å². The van der Waals surface area contributed by atoms with Gasteiger partial charge in [-0.1, -0.05) is 57.2 Å². The van der Waals surface area contributed by atoms with Crippen molar-refractivity contribution < 1.29 is 19.1 Å². The van der Waals surface area contributed by atoms with Gasteiger partial charge in [-0.3, -0.25) is 4.79 Å². The van der Waals surface area contributed by atoms with Gasteiger partial charge in [-0.05, 0) is 23.1 Å². The fraction of sp³-hybridized carbons (Fsp3) is 0.261. The van der Waals surface area contributed by atoms with Crippen molar-refractivity contribution >= 4 is 28.9 Å². The molecule has 156 valence electrons. The van der Waals surface area contributed by atoms with Crippen LogP contribution < -0.4 is 10.1 Å². The Balaban J connectivity index is 1.62. The number of nitrogens with zero attached hydrogens (tertiary/aromatic N) is 1. The molecule has 7 heteroatoms. The first-order valence-corrected chi connectivity index (χ1v) is 10.3. The maximum atomic E-state index is 12.3. The highest BCUT2D eigenvalue weighted by molar-refractivity contribution is 7.13. The minimum absolute atomic E-state index is 0.0840. The summed E-state index contributed by atoms with van der Waals surface area (Å²) in [6.07, 6.45) is 0. The Morgan fingerprint density at radius 2 is 1.83 bits per heavy atom. The second kappa shape index (κ2) is 9.09. The Bertz CT molecular complexity index is 1040. The maximum absolute atomic E-state index is 12.3. The second-order valence-corrected chi connectivity index (χ2v) is 8.55. The Labute approximate surface area is 179 Å². The van der Waals surface area contributed by atoms with Crippen molar-refractivity contribution in [3.63, 3.8) is 0 Å². The molecule has 0 radical (unpaired) electrons. The largest absolute Gasteiger partial charge is 0.495 e. The number of amides is 1. The molecule has 0 fully saturated rings. The van der Waals surface area contributed by atoms with E-state index < -0.39 is 18.5 Å². The number of aromatic nitrogens is 1. The number of carbonyl (C=O) groups excluding carboxylic acids is 2. The van der Waals surface area contributed by atoms with Gasteiger partial charge in [0.15, 0.2) is 12.3 Å². The van der Waals surface area contributed by atoms with E-state index in [1.165, 1.54) is 18.4 Å². The molecule has 2 aromatic carbocycles. The lowest BCUT2D eigenvalue weighted by molar-refractivity contribution is -0.119. The van der Waals surface area contributed by atoms with Crippen LogP contribution in [0.5, 0.6) is 5.75 Å². The standard InChI is InChI=1S/C23H24N2O4S/c1-23(2,3)16-10-11-19(28-4)17(12-16)24-20(26)13-29-22(27)18-14-30-21(25-18)15-8-6-5-7-9-15/h5-12,14H,13H2,1-4H3,(H,24,26). The second-order valence-electron chi connectivity index (χ2n) is 7.69. The van der Waals surface area contributed by atoms with Gasteiger partial charge in [0.05, 0.1) is 12.8 Å². The van der Waals surface area contributed by atoms with Crippen LogP contribution in [0.3, 0.4) is 0 Å². The SMILES string of the molecule is COc1ccc(C(C)(C)C)cc1NC(=O)COC(=O)c1csc(-c2ccccc2)n1. The zero-order valence-electron chi connectivity index (χ0n) is 17.4. The number of anilines is 1. The molecule has 1 amide bonds. The number of rotatable bonds is 6. The number of thiazole rings is 1. The summed E-state index contributed by atoms with van der Waals surface area (Å²) in [6, 6.07) is 15.2. The fourth-order valence-corrected chi connectivity index (χ4v) is 3.54. The summed E-state index contributed by atoms with van der Waals surface area (Å²) in [5, 5.41) is 5.09. The maximum Gasteiger partial charge on any atom is 0.358 e. The summed E-state index contributed by atoms with van der Waals surface area (Å²) in [5.41, 5.74) is 2.60. The zero-order chi connectivity index (χ0) is 21.7. The van der Waals surface area contributed by atoms with Crippen molar-refractivity contribution in [2.24, 2.45) is 0 Å². The average Bonchev–Trinajstić information content (AvgIpc) is 3.22. The van der Waals surface area contributed by atoms with Crippen LogP contribution in [-0.4, -0.2) is 30.6 Å². The van der Waals surface area contributed by atoms with Gasteiger partial charge in [0.2, 0.25) is 0 Å². The van der Waals surface area contributed by atoms with Crippen LogP contribution in [0.1, 0.15) is 36.8 Å². The van der Waals surface area contributed by atoms with Gasteiger partial charge in [0.1, 0.15) is 10.8 Å². The number of nitrogens with one attached hydrogen (secondary N) is 1. The molecule has 0 unspecified atom stereocenters. The molecular formula is C23H24N2O4S. The van der Waals surface area contributed by atoms with E-state index in [1.807, 2.05) is 48.5 Å².